The van der Waals surface area contributed by atoms with E-state index in [1.165, 1.54) is 11.3 Å². The van der Waals surface area contributed by atoms with Gasteiger partial charge in [0.05, 0.1) is 5.39 Å². The van der Waals surface area contributed by atoms with Crippen LogP contribution in [-0.4, -0.2) is 22.7 Å². The zero-order valence-corrected chi connectivity index (χ0v) is 12.2. The second-order valence-corrected chi connectivity index (χ2v) is 5.56. The standard InChI is InChI=1S/C16H11NO4S/c18-14(19)9-21-11-5-3-4-10(8-11)16-17-15(20)12-6-1-2-7-13(12)22-16/h1-8H,9H2,(H,18,19). The van der Waals surface area contributed by atoms with Crippen LogP contribution in [0.3, 0.4) is 0 Å². The number of carboxylic acid groups (broad SMARTS) is 1. The lowest BCUT2D eigenvalue weighted by molar-refractivity contribution is -0.139. The molecule has 0 aliphatic rings. The van der Waals surface area contributed by atoms with E-state index in [1.807, 2.05) is 12.1 Å². The number of aromatic nitrogens is 1. The number of hydrogen-bond donors (Lipinski definition) is 1. The average Bonchev–Trinajstić information content (AvgIpc) is 2.53. The normalized spacial score (nSPS) is 10.5. The van der Waals surface area contributed by atoms with Crippen LogP contribution in [0, 0.1) is 0 Å². The van der Waals surface area contributed by atoms with E-state index in [1.54, 1.807) is 36.4 Å². The van der Waals surface area contributed by atoms with Crippen molar-refractivity contribution in [2.75, 3.05) is 6.61 Å². The summed E-state index contributed by atoms with van der Waals surface area (Å²) < 4.78 is 6.00. The maximum Gasteiger partial charge on any atom is 0.341 e. The van der Waals surface area contributed by atoms with Crippen molar-refractivity contribution in [2.45, 2.75) is 0 Å². The summed E-state index contributed by atoms with van der Waals surface area (Å²) >= 11 is 1.40. The van der Waals surface area contributed by atoms with Gasteiger partial charge in [-0.3, -0.25) is 4.79 Å². The lowest BCUT2D eigenvalue weighted by atomic mass is 10.2. The topological polar surface area (TPSA) is 76.5 Å². The van der Waals surface area contributed by atoms with Gasteiger partial charge in [-0.1, -0.05) is 24.3 Å². The monoisotopic (exact) mass is 313 g/mol. The first-order chi connectivity index (χ1) is 10.6. The minimum atomic E-state index is -1.04. The maximum absolute atomic E-state index is 12.1. The molecule has 1 N–H and O–H groups in total. The average molecular weight is 313 g/mol. The Morgan fingerprint density at radius 3 is 2.82 bits per heavy atom. The molecule has 0 atom stereocenters. The number of fused-ring (bicyclic) bond motifs is 1. The van der Waals surface area contributed by atoms with Gasteiger partial charge in [0.2, 0.25) is 0 Å². The third-order valence-corrected chi connectivity index (χ3v) is 4.07. The molecular formula is C16H11NO4S. The molecule has 22 heavy (non-hydrogen) atoms. The van der Waals surface area contributed by atoms with E-state index < -0.39 is 12.6 Å². The minimum absolute atomic E-state index is 0.277. The van der Waals surface area contributed by atoms with Gasteiger partial charge < -0.3 is 9.84 Å². The van der Waals surface area contributed by atoms with Crippen LogP contribution in [0.1, 0.15) is 0 Å². The highest BCUT2D eigenvalue weighted by atomic mass is 32.1. The summed E-state index contributed by atoms with van der Waals surface area (Å²) in [6.45, 7) is -0.412. The van der Waals surface area contributed by atoms with Crippen molar-refractivity contribution >= 4 is 27.4 Å². The van der Waals surface area contributed by atoms with Crippen LogP contribution in [0.2, 0.25) is 0 Å². The zero-order chi connectivity index (χ0) is 15.5. The van der Waals surface area contributed by atoms with Crippen molar-refractivity contribution in [1.82, 2.24) is 4.98 Å². The Hall–Kier alpha value is -2.73. The van der Waals surface area contributed by atoms with Gasteiger partial charge in [0, 0.05) is 10.3 Å². The highest BCUT2D eigenvalue weighted by molar-refractivity contribution is 7.21. The van der Waals surface area contributed by atoms with E-state index in [0.29, 0.717) is 16.1 Å². The van der Waals surface area contributed by atoms with Crippen molar-refractivity contribution in [3.8, 4) is 16.3 Å². The number of carbonyl (C=O) groups is 1. The molecule has 0 spiro atoms. The summed E-state index contributed by atoms with van der Waals surface area (Å²) in [5, 5.41) is 9.81. The lowest BCUT2D eigenvalue weighted by Crippen LogP contribution is -2.09. The Bertz CT molecular complexity index is 904. The number of hydrogen-bond acceptors (Lipinski definition) is 5. The summed E-state index contributed by atoms with van der Waals surface area (Å²) in [7, 11) is 0. The predicted molar refractivity (Wildman–Crippen MR) is 84.5 cm³/mol. The molecule has 0 aliphatic carbocycles. The van der Waals surface area contributed by atoms with Gasteiger partial charge in [-0.05, 0) is 24.3 Å². The molecule has 0 amide bonds. The van der Waals surface area contributed by atoms with E-state index >= 15 is 0 Å². The molecule has 0 bridgehead atoms. The smallest absolute Gasteiger partial charge is 0.341 e. The van der Waals surface area contributed by atoms with Crippen molar-refractivity contribution < 1.29 is 14.6 Å². The van der Waals surface area contributed by atoms with Crippen molar-refractivity contribution in [3.05, 3.63) is 58.9 Å². The maximum atomic E-state index is 12.1. The van der Waals surface area contributed by atoms with Crippen molar-refractivity contribution in [2.24, 2.45) is 0 Å². The molecule has 6 heteroatoms. The lowest BCUT2D eigenvalue weighted by Gasteiger charge is -2.06. The largest absolute Gasteiger partial charge is 0.482 e. The first-order valence-corrected chi connectivity index (χ1v) is 7.30. The second-order valence-electron chi connectivity index (χ2n) is 4.53. The van der Waals surface area contributed by atoms with E-state index in [0.717, 1.165) is 10.3 Å². The van der Waals surface area contributed by atoms with E-state index in [9.17, 15) is 9.59 Å². The molecule has 0 saturated heterocycles. The molecule has 5 nitrogen and oxygen atoms in total. The van der Waals surface area contributed by atoms with E-state index in [4.69, 9.17) is 9.84 Å². The molecule has 0 saturated carbocycles. The number of benzene rings is 2. The van der Waals surface area contributed by atoms with Crippen LogP contribution >= 0.6 is 11.3 Å². The molecule has 110 valence electrons. The molecule has 0 aliphatic heterocycles. The predicted octanol–water partition coefficient (Wildman–Crippen LogP) is 2.79. The molecule has 0 unspecified atom stereocenters. The van der Waals surface area contributed by atoms with Crippen LogP contribution in [0.5, 0.6) is 5.75 Å². The van der Waals surface area contributed by atoms with Crippen LogP contribution in [0.25, 0.3) is 20.7 Å². The molecule has 0 radical (unpaired) electrons. The summed E-state index contributed by atoms with van der Waals surface area (Å²) in [5.41, 5.74) is 0.442. The molecule has 0 fully saturated rings. The fraction of sp³-hybridized carbons (Fsp3) is 0.0625. The Balaban J connectivity index is 2.02. The number of aliphatic carboxylic acids is 1. The Morgan fingerprint density at radius 1 is 1.18 bits per heavy atom. The molecule has 1 aromatic heterocycles. The van der Waals surface area contributed by atoms with Gasteiger partial charge in [-0.15, -0.1) is 11.3 Å². The third-order valence-electron chi connectivity index (χ3n) is 2.97. The summed E-state index contributed by atoms with van der Waals surface area (Å²) in [6.07, 6.45) is 0. The van der Waals surface area contributed by atoms with Gasteiger partial charge in [0.1, 0.15) is 10.8 Å². The van der Waals surface area contributed by atoms with Gasteiger partial charge in [0.15, 0.2) is 6.61 Å². The molecular weight excluding hydrogens is 302 g/mol. The van der Waals surface area contributed by atoms with E-state index in [-0.39, 0.29) is 5.56 Å². The Labute approximate surface area is 129 Å². The fourth-order valence-electron chi connectivity index (χ4n) is 2.00. The highest BCUT2D eigenvalue weighted by Gasteiger charge is 2.08. The molecule has 1 heterocycles. The van der Waals surface area contributed by atoms with Crippen LogP contribution in [0.4, 0.5) is 0 Å². The van der Waals surface area contributed by atoms with E-state index in [2.05, 4.69) is 4.98 Å². The number of carboxylic acids is 1. The number of rotatable bonds is 4. The summed E-state index contributed by atoms with van der Waals surface area (Å²) in [4.78, 5) is 26.7. The van der Waals surface area contributed by atoms with Crippen molar-refractivity contribution in [1.29, 1.82) is 0 Å². The van der Waals surface area contributed by atoms with Crippen LogP contribution in [-0.2, 0) is 4.79 Å². The van der Waals surface area contributed by atoms with Gasteiger partial charge >= 0.3 is 5.97 Å². The highest BCUT2D eigenvalue weighted by Crippen LogP contribution is 2.28. The SMILES string of the molecule is O=C(O)COc1cccc(-c2nc(=O)c3ccccc3s2)c1. The number of ether oxygens (including phenoxy) is 1. The third kappa shape index (κ3) is 2.96. The van der Waals surface area contributed by atoms with Gasteiger partial charge in [-0.25, -0.2) is 4.79 Å². The van der Waals surface area contributed by atoms with Crippen LogP contribution < -0.4 is 10.3 Å². The zero-order valence-electron chi connectivity index (χ0n) is 11.4. The second kappa shape index (κ2) is 5.95. The Morgan fingerprint density at radius 2 is 2.00 bits per heavy atom. The summed E-state index contributed by atoms with van der Waals surface area (Å²) in [6, 6.07) is 14.2. The Kier molecular flexibility index (Phi) is 3.84. The fourth-order valence-corrected chi connectivity index (χ4v) is 2.99. The first kappa shape index (κ1) is 14.2. The van der Waals surface area contributed by atoms with Crippen molar-refractivity contribution in [3.63, 3.8) is 0 Å². The first-order valence-electron chi connectivity index (χ1n) is 6.48. The van der Waals surface area contributed by atoms with Crippen LogP contribution in [0.15, 0.2) is 53.3 Å². The quantitative estimate of drug-likeness (QED) is 0.801. The summed E-state index contributed by atoms with van der Waals surface area (Å²) in [5.74, 6) is -0.617. The molecule has 2 aromatic carbocycles. The van der Waals surface area contributed by atoms with Gasteiger partial charge in [0.25, 0.3) is 5.56 Å². The minimum Gasteiger partial charge on any atom is -0.482 e. The molecule has 3 rings (SSSR count). The molecule has 3 aromatic rings. The van der Waals surface area contributed by atoms with Gasteiger partial charge in [-0.2, -0.15) is 4.98 Å². The number of nitrogens with zero attached hydrogens (tertiary/aromatic N) is 1.